The number of ether oxygens (including phenoxy) is 3. The molecule has 1 heterocycles. The van der Waals surface area contributed by atoms with Crippen molar-refractivity contribution in [2.24, 2.45) is 0 Å². The molecule has 0 aliphatic heterocycles. The van der Waals surface area contributed by atoms with E-state index in [1.165, 1.54) is 0 Å². The molecular formula is C13H24N4O3. The maximum Gasteiger partial charge on any atom is 0.324 e. The van der Waals surface area contributed by atoms with E-state index in [0.29, 0.717) is 25.8 Å². The van der Waals surface area contributed by atoms with Crippen LogP contribution in [0.3, 0.4) is 0 Å². The molecule has 0 aliphatic carbocycles. The molecule has 0 bridgehead atoms. The van der Waals surface area contributed by atoms with E-state index in [1.807, 2.05) is 20.8 Å². The second-order valence-electron chi connectivity index (χ2n) is 4.36. The van der Waals surface area contributed by atoms with Gasteiger partial charge in [-0.2, -0.15) is 9.97 Å². The zero-order valence-electron chi connectivity index (χ0n) is 12.7. The normalized spacial score (nSPS) is 10.7. The summed E-state index contributed by atoms with van der Waals surface area (Å²) in [7, 11) is 0. The summed E-state index contributed by atoms with van der Waals surface area (Å²) >= 11 is 0. The van der Waals surface area contributed by atoms with Gasteiger partial charge < -0.3 is 19.5 Å². The van der Waals surface area contributed by atoms with E-state index in [9.17, 15) is 0 Å². The molecule has 7 nitrogen and oxygen atoms in total. The van der Waals surface area contributed by atoms with Gasteiger partial charge in [-0.25, -0.2) is 0 Å². The highest BCUT2D eigenvalue weighted by molar-refractivity contribution is 5.27. The van der Waals surface area contributed by atoms with Crippen molar-refractivity contribution in [2.75, 3.05) is 31.7 Å². The average molecular weight is 284 g/mol. The molecule has 0 saturated carbocycles. The van der Waals surface area contributed by atoms with E-state index in [-0.39, 0.29) is 18.1 Å². The van der Waals surface area contributed by atoms with Gasteiger partial charge in [-0.1, -0.05) is 6.92 Å². The molecule has 0 amide bonds. The first-order chi connectivity index (χ1) is 9.65. The molecule has 114 valence electrons. The van der Waals surface area contributed by atoms with Crippen molar-refractivity contribution in [3.05, 3.63) is 0 Å². The number of nitrogens with one attached hydrogen (secondary N) is 1. The minimum absolute atomic E-state index is 0.00676. The van der Waals surface area contributed by atoms with Crippen LogP contribution in [0.1, 0.15) is 34.1 Å². The lowest BCUT2D eigenvalue weighted by atomic mass is 10.5. The van der Waals surface area contributed by atoms with Gasteiger partial charge in [0.1, 0.15) is 6.61 Å². The first-order valence-electron chi connectivity index (χ1n) is 7.02. The largest absolute Gasteiger partial charge is 0.461 e. The fourth-order valence-electron chi connectivity index (χ4n) is 1.32. The number of hydrogen-bond acceptors (Lipinski definition) is 7. The van der Waals surface area contributed by atoms with Crippen molar-refractivity contribution in [3.63, 3.8) is 0 Å². The van der Waals surface area contributed by atoms with Crippen molar-refractivity contribution < 1.29 is 14.2 Å². The van der Waals surface area contributed by atoms with Crippen LogP contribution in [-0.2, 0) is 4.74 Å². The van der Waals surface area contributed by atoms with Gasteiger partial charge in [-0.3, -0.25) is 0 Å². The Labute approximate surface area is 120 Å². The Morgan fingerprint density at radius 1 is 1.05 bits per heavy atom. The molecule has 20 heavy (non-hydrogen) atoms. The second-order valence-corrected chi connectivity index (χ2v) is 4.36. The fourth-order valence-corrected chi connectivity index (χ4v) is 1.32. The third kappa shape index (κ3) is 6.51. The number of nitrogens with zero attached hydrogens (tertiary/aromatic N) is 3. The Hall–Kier alpha value is -1.63. The SMILES string of the molecule is CCCNc1nc(OCCOCC)nc(OC(C)C)n1. The molecule has 0 radical (unpaired) electrons. The molecule has 0 aromatic carbocycles. The van der Waals surface area contributed by atoms with Gasteiger partial charge in [-0.15, -0.1) is 4.98 Å². The van der Waals surface area contributed by atoms with Crippen molar-refractivity contribution in [1.82, 2.24) is 15.0 Å². The van der Waals surface area contributed by atoms with Crippen LogP contribution < -0.4 is 14.8 Å². The Morgan fingerprint density at radius 3 is 2.45 bits per heavy atom. The molecule has 0 saturated heterocycles. The number of anilines is 1. The lowest BCUT2D eigenvalue weighted by molar-refractivity contribution is 0.105. The van der Waals surface area contributed by atoms with Crippen LogP contribution in [0, 0.1) is 0 Å². The number of hydrogen-bond donors (Lipinski definition) is 1. The van der Waals surface area contributed by atoms with E-state index >= 15 is 0 Å². The Kier molecular flexibility index (Phi) is 7.64. The summed E-state index contributed by atoms with van der Waals surface area (Å²) in [5, 5.41) is 3.10. The monoisotopic (exact) mass is 284 g/mol. The molecule has 1 aromatic rings. The summed E-state index contributed by atoms with van der Waals surface area (Å²) in [6, 6.07) is 0.508. The van der Waals surface area contributed by atoms with Crippen LogP contribution in [0.4, 0.5) is 5.95 Å². The standard InChI is InChI=1S/C13H24N4O3/c1-5-7-14-11-15-12(19-9-8-18-6-2)17-13(16-11)20-10(3)4/h10H,5-9H2,1-4H3,(H,14,15,16,17). The molecule has 0 unspecified atom stereocenters. The van der Waals surface area contributed by atoms with Gasteiger partial charge in [0.15, 0.2) is 0 Å². The predicted octanol–water partition coefficient (Wildman–Crippen LogP) is 1.90. The summed E-state index contributed by atoms with van der Waals surface area (Å²) in [6.07, 6.45) is 0.972. The molecule has 1 aromatic heterocycles. The van der Waals surface area contributed by atoms with E-state index in [4.69, 9.17) is 14.2 Å². The van der Waals surface area contributed by atoms with Crippen LogP contribution in [0.15, 0.2) is 0 Å². The third-order valence-corrected chi connectivity index (χ3v) is 2.13. The molecule has 0 atom stereocenters. The van der Waals surface area contributed by atoms with Gasteiger partial charge in [0.2, 0.25) is 5.95 Å². The zero-order chi connectivity index (χ0) is 14.8. The van der Waals surface area contributed by atoms with Crippen LogP contribution in [0.2, 0.25) is 0 Å². The molecule has 0 fully saturated rings. The Morgan fingerprint density at radius 2 is 1.80 bits per heavy atom. The Balaban J connectivity index is 2.69. The smallest absolute Gasteiger partial charge is 0.324 e. The number of rotatable bonds is 10. The number of aromatic nitrogens is 3. The lowest BCUT2D eigenvalue weighted by Gasteiger charge is -2.11. The summed E-state index contributed by atoms with van der Waals surface area (Å²) in [6.45, 7) is 10.2. The van der Waals surface area contributed by atoms with E-state index in [1.54, 1.807) is 0 Å². The second kappa shape index (κ2) is 9.30. The van der Waals surface area contributed by atoms with Crippen molar-refractivity contribution in [2.45, 2.75) is 40.2 Å². The van der Waals surface area contributed by atoms with Crippen molar-refractivity contribution >= 4 is 5.95 Å². The molecule has 1 rings (SSSR count). The summed E-state index contributed by atoms with van der Waals surface area (Å²) in [5.74, 6) is 0.462. The topological polar surface area (TPSA) is 78.4 Å². The highest BCUT2D eigenvalue weighted by Crippen LogP contribution is 2.14. The molecule has 0 spiro atoms. The van der Waals surface area contributed by atoms with E-state index in [0.717, 1.165) is 13.0 Å². The predicted molar refractivity (Wildman–Crippen MR) is 76.4 cm³/mol. The lowest BCUT2D eigenvalue weighted by Crippen LogP contribution is -2.14. The molecule has 0 aliphatic rings. The van der Waals surface area contributed by atoms with E-state index in [2.05, 4.69) is 27.2 Å². The fraction of sp³-hybridized carbons (Fsp3) is 0.769. The van der Waals surface area contributed by atoms with Crippen molar-refractivity contribution in [3.8, 4) is 12.0 Å². The van der Waals surface area contributed by atoms with Gasteiger partial charge in [-0.05, 0) is 27.2 Å². The minimum atomic E-state index is -0.00676. The average Bonchev–Trinajstić information content (AvgIpc) is 2.40. The minimum Gasteiger partial charge on any atom is -0.461 e. The first-order valence-corrected chi connectivity index (χ1v) is 7.02. The Bertz CT molecular complexity index is 388. The maximum absolute atomic E-state index is 5.49. The van der Waals surface area contributed by atoms with Gasteiger partial charge in [0.05, 0.1) is 12.7 Å². The molecule has 7 heteroatoms. The van der Waals surface area contributed by atoms with E-state index < -0.39 is 0 Å². The van der Waals surface area contributed by atoms with Crippen LogP contribution in [0.25, 0.3) is 0 Å². The highest BCUT2D eigenvalue weighted by Gasteiger charge is 2.09. The molecular weight excluding hydrogens is 260 g/mol. The zero-order valence-corrected chi connectivity index (χ0v) is 12.7. The van der Waals surface area contributed by atoms with Crippen molar-refractivity contribution in [1.29, 1.82) is 0 Å². The molecule has 1 N–H and O–H groups in total. The maximum atomic E-state index is 5.49. The van der Waals surface area contributed by atoms with Gasteiger partial charge in [0, 0.05) is 13.2 Å². The summed E-state index contributed by atoms with van der Waals surface area (Å²) in [5.41, 5.74) is 0. The highest BCUT2D eigenvalue weighted by atomic mass is 16.5. The first kappa shape index (κ1) is 16.4. The summed E-state index contributed by atoms with van der Waals surface area (Å²) in [4.78, 5) is 12.5. The van der Waals surface area contributed by atoms with Gasteiger partial charge in [0.25, 0.3) is 0 Å². The summed E-state index contributed by atoms with van der Waals surface area (Å²) < 4.78 is 16.1. The van der Waals surface area contributed by atoms with Crippen LogP contribution in [-0.4, -0.2) is 47.4 Å². The van der Waals surface area contributed by atoms with Gasteiger partial charge >= 0.3 is 12.0 Å². The third-order valence-electron chi connectivity index (χ3n) is 2.13. The van der Waals surface area contributed by atoms with Crippen LogP contribution in [0.5, 0.6) is 12.0 Å². The quantitative estimate of drug-likeness (QED) is 0.657. The van der Waals surface area contributed by atoms with Crippen LogP contribution >= 0.6 is 0 Å².